The molecule has 0 aliphatic carbocycles. The number of esters is 1. The molecule has 6 heteroatoms. The zero-order valence-corrected chi connectivity index (χ0v) is 12.6. The Morgan fingerprint density at radius 2 is 2.05 bits per heavy atom. The van der Waals surface area contributed by atoms with E-state index in [0.717, 1.165) is 0 Å². The standard InChI is InChI=1S/C14H18ClNO4/c1-4-18-12(17)14(8-19-13(2,3)20-9-14)11-6-5-10(15)7-16-11/h5-7H,4,8-9H2,1-3H3. The lowest BCUT2D eigenvalue weighted by molar-refractivity contribution is -0.270. The SMILES string of the molecule is CCOC(=O)C1(c2ccc(Cl)cn2)COC(C)(C)OC1. The highest BCUT2D eigenvalue weighted by Crippen LogP contribution is 2.34. The summed E-state index contributed by atoms with van der Waals surface area (Å²) in [4.78, 5) is 16.6. The Balaban J connectivity index is 2.35. The van der Waals surface area contributed by atoms with E-state index in [-0.39, 0.29) is 19.8 Å². The molecule has 0 radical (unpaired) electrons. The normalized spacial score (nSPS) is 20.4. The van der Waals surface area contributed by atoms with Crippen molar-refractivity contribution in [3.05, 3.63) is 29.0 Å². The lowest BCUT2D eigenvalue weighted by atomic mass is 9.84. The molecule has 1 aromatic heterocycles. The second-order valence-corrected chi connectivity index (χ2v) is 5.58. The van der Waals surface area contributed by atoms with Gasteiger partial charge in [-0.3, -0.25) is 9.78 Å². The van der Waals surface area contributed by atoms with E-state index in [0.29, 0.717) is 10.7 Å². The van der Waals surface area contributed by atoms with Crippen molar-refractivity contribution < 1.29 is 19.0 Å². The van der Waals surface area contributed by atoms with E-state index in [1.54, 1.807) is 32.9 Å². The molecule has 1 aliphatic heterocycles. The zero-order valence-electron chi connectivity index (χ0n) is 11.8. The van der Waals surface area contributed by atoms with Crippen molar-refractivity contribution in [1.29, 1.82) is 0 Å². The van der Waals surface area contributed by atoms with Gasteiger partial charge in [-0.15, -0.1) is 0 Å². The minimum atomic E-state index is -1.05. The molecule has 0 spiro atoms. The Morgan fingerprint density at radius 1 is 1.40 bits per heavy atom. The number of nitrogens with zero attached hydrogens (tertiary/aromatic N) is 1. The van der Waals surface area contributed by atoms with Crippen LogP contribution in [0.2, 0.25) is 5.02 Å². The topological polar surface area (TPSA) is 57.7 Å². The molecule has 20 heavy (non-hydrogen) atoms. The molecule has 1 fully saturated rings. The van der Waals surface area contributed by atoms with Crippen LogP contribution in [0.3, 0.4) is 0 Å². The summed E-state index contributed by atoms with van der Waals surface area (Å²) in [7, 11) is 0. The van der Waals surface area contributed by atoms with Gasteiger partial charge >= 0.3 is 5.97 Å². The monoisotopic (exact) mass is 299 g/mol. The molecular weight excluding hydrogens is 282 g/mol. The number of carbonyl (C=O) groups excluding carboxylic acids is 1. The van der Waals surface area contributed by atoms with Crippen LogP contribution in [0.25, 0.3) is 0 Å². The van der Waals surface area contributed by atoms with Gasteiger partial charge in [0.05, 0.1) is 30.5 Å². The van der Waals surface area contributed by atoms with Crippen LogP contribution in [0.5, 0.6) is 0 Å². The van der Waals surface area contributed by atoms with E-state index in [1.165, 1.54) is 6.20 Å². The number of hydrogen-bond donors (Lipinski definition) is 0. The van der Waals surface area contributed by atoms with Gasteiger partial charge in [0, 0.05) is 6.20 Å². The first kappa shape index (κ1) is 15.2. The molecular formula is C14H18ClNO4. The van der Waals surface area contributed by atoms with Crippen molar-refractivity contribution in [2.45, 2.75) is 32.0 Å². The highest BCUT2D eigenvalue weighted by atomic mass is 35.5. The predicted molar refractivity (Wildman–Crippen MR) is 73.5 cm³/mol. The number of carbonyl (C=O) groups is 1. The van der Waals surface area contributed by atoms with Gasteiger partial charge in [0.1, 0.15) is 0 Å². The third-order valence-corrected chi connectivity index (χ3v) is 3.44. The van der Waals surface area contributed by atoms with Gasteiger partial charge in [0.25, 0.3) is 0 Å². The summed E-state index contributed by atoms with van der Waals surface area (Å²) in [6, 6.07) is 3.38. The Morgan fingerprint density at radius 3 is 2.55 bits per heavy atom. The lowest BCUT2D eigenvalue weighted by Crippen LogP contribution is -2.54. The highest BCUT2D eigenvalue weighted by Gasteiger charge is 2.49. The number of rotatable bonds is 3. The summed E-state index contributed by atoms with van der Waals surface area (Å²) in [5.74, 6) is -1.12. The van der Waals surface area contributed by atoms with E-state index in [2.05, 4.69) is 4.98 Å². The van der Waals surface area contributed by atoms with Gasteiger partial charge in [-0.05, 0) is 32.9 Å². The Kier molecular flexibility index (Phi) is 4.32. The van der Waals surface area contributed by atoms with E-state index in [4.69, 9.17) is 25.8 Å². The van der Waals surface area contributed by atoms with Gasteiger partial charge in [-0.2, -0.15) is 0 Å². The molecule has 2 rings (SSSR count). The first-order valence-electron chi connectivity index (χ1n) is 6.47. The molecule has 2 heterocycles. The number of halogens is 1. The third kappa shape index (κ3) is 2.95. The summed E-state index contributed by atoms with van der Waals surface area (Å²) in [6.45, 7) is 5.97. The van der Waals surface area contributed by atoms with E-state index in [9.17, 15) is 4.79 Å². The van der Waals surface area contributed by atoms with Gasteiger partial charge < -0.3 is 14.2 Å². The number of ether oxygens (including phenoxy) is 3. The second-order valence-electron chi connectivity index (χ2n) is 5.14. The summed E-state index contributed by atoms with van der Waals surface area (Å²) < 4.78 is 16.4. The summed E-state index contributed by atoms with van der Waals surface area (Å²) in [5.41, 5.74) is -0.508. The van der Waals surface area contributed by atoms with Crippen LogP contribution in [-0.4, -0.2) is 36.6 Å². The van der Waals surface area contributed by atoms with Crippen LogP contribution in [0.15, 0.2) is 18.3 Å². The zero-order chi connectivity index (χ0) is 14.8. The van der Waals surface area contributed by atoms with E-state index < -0.39 is 17.2 Å². The van der Waals surface area contributed by atoms with Crippen molar-refractivity contribution in [3.8, 4) is 0 Å². The van der Waals surface area contributed by atoms with Gasteiger partial charge in [-0.25, -0.2) is 0 Å². The van der Waals surface area contributed by atoms with Gasteiger partial charge in [0.15, 0.2) is 11.2 Å². The molecule has 1 aliphatic rings. The van der Waals surface area contributed by atoms with Crippen LogP contribution in [-0.2, 0) is 24.4 Å². The van der Waals surface area contributed by atoms with E-state index >= 15 is 0 Å². The largest absolute Gasteiger partial charge is 0.465 e. The van der Waals surface area contributed by atoms with Crippen molar-refractivity contribution in [3.63, 3.8) is 0 Å². The average molecular weight is 300 g/mol. The van der Waals surface area contributed by atoms with Crippen molar-refractivity contribution in [2.24, 2.45) is 0 Å². The molecule has 110 valence electrons. The second kappa shape index (κ2) is 5.68. The van der Waals surface area contributed by atoms with Crippen molar-refractivity contribution in [2.75, 3.05) is 19.8 Å². The maximum Gasteiger partial charge on any atom is 0.322 e. The average Bonchev–Trinajstić information content (AvgIpc) is 2.41. The number of pyridine rings is 1. The highest BCUT2D eigenvalue weighted by molar-refractivity contribution is 6.30. The van der Waals surface area contributed by atoms with Crippen molar-refractivity contribution in [1.82, 2.24) is 4.98 Å². The quantitative estimate of drug-likeness (QED) is 0.802. The minimum Gasteiger partial charge on any atom is -0.465 e. The maximum absolute atomic E-state index is 12.4. The molecule has 0 saturated carbocycles. The molecule has 0 atom stereocenters. The van der Waals surface area contributed by atoms with Gasteiger partial charge in [0.2, 0.25) is 0 Å². The molecule has 5 nitrogen and oxygen atoms in total. The molecule has 1 saturated heterocycles. The molecule has 0 aromatic carbocycles. The predicted octanol–water partition coefficient (Wildman–Crippen LogP) is 2.32. The van der Waals surface area contributed by atoms with Crippen molar-refractivity contribution >= 4 is 17.6 Å². The summed E-state index contributed by atoms with van der Waals surface area (Å²) in [5, 5.41) is 0.505. The van der Waals surface area contributed by atoms with E-state index in [1.807, 2.05) is 0 Å². The fourth-order valence-electron chi connectivity index (χ4n) is 1.98. The Bertz CT molecular complexity index is 476. The fraction of sp³-hybridized carbons (Fsp3) is 0.571. The first-order valence-corrected chi connectivity index (χ1v) is 6.84. The van der Waals surface area contributed by atoms with Crippen LogP contribution in [0.1, 0.15) is 26.5 Å². The third-order valence-electron chi connectivity index (χ3n) is 3.22. The van der Waals surface area contributed by atoms with Crippen LogP contribution >= 0.6 is 11.6 Å². The molecule has 0 unspecified atom stereocenters. The number of aromatic nitrogens is 1. The molecule has 0 amide bonds. The lowest BCUT2D eigenvalue weighted by Gasteiger charge is -2.41. The first-order chi connectivity index (χ1) is 9.39. The number of hydrogen-bond acceptors (Lipinski definition) is 5. The Labute approximate surface area is 123 Å². The molecule has 0 bridgehead atoms. The van der Waals surface area contributed by atoms with Crippen LogP contribution in [0.4, 0.5) is 0 Å². The smallest absolute Gasteiger partial charge is 0.322 e. The molecule has 0 N–H and O–H groups in total. The minimum absolute atomic E-state index is 0.160. The summed E-state index contributed by atoms with van der Waals surface area (Å²) in [6.07, 6.45) is 1.50. The Hall–Kier alpha value is -1.17. The van der Waals surface area contributed by atoms with Crippen LogP contribution < -0.4 is 0 Å². The maximum atomic E-state index is 12.4. The van der Waals surface area contributed by atoms with Crippen LogP contribution in [0, 0.1) is 0 Å². The molecule has 1 aromatic rings. The van der Waals surface area contributed by atoms with Gasteiger partial charge in [-0.1, -0.05) is 11.6 Å². The summed E-state index contributed by atoms with van der Waals surface area (Å²) >= 11 is 5.84. The fourth-order valence-corrected chi connectivity index (χ4v) is 2.09.